The van der Waals surface area contributed by atoms with E-state index in [2.05, 4.69) is 146 Å². The summed E-state index contributed by atoms with van der Waals surface area (Å²) < 4.78 is 6.56. The highest BCUT2D eigenvalue weighted by Crippen LogP contribution is 2.42. The van der Waals surface area contributed by atoms with Gasteiger partial charge in [-0.1, -0.05) is 152 Å². The third-order valence-electron chi connectivity index (χ3n) is 10.7. The number of para-hydroxylation sites is 2. The summed E-state index contributed by atoms with van der Waals surface area (Å²) in [5.41, 5.74) is 10.0. The number of rotatable bonds is 4. The third-order valence-corrected chi connectivity index (χ3v) is 10.7. The van der Waals surface area contributed by atoms with Crippen LogP contribution < -0.4 is 0 Å². The fourth-order valence-corrected chi connectivity index (χ4v) is 8.16. The van der Waals surface area contributed by atoms with E-state index in [-0.39, 0.29) is 0 Å². The molecule has 2 aromatic heterocycles. The molecule has 0 saturated carbocycles. The lowest BCUT2D eigenvalue weighted by molar-refractivity contribution is 0.669. The molecule has 0 atom stereocenters. The van der Waals surface area contributed by atoms with Crippen LogP contribution in [0.15, 0.2) is 186 Å². The summed E-state index contributed by atoms with van der Waals surface area (Å²) in [6.07, 6.45) is 0. The molecule has 53 heavy (non-hydrogen) atoms. The summed E-state index contributed by atoms with van der Waals surface area (Å²) in [5, 5.41) is 10.9. The molecule has 11 aromatic rings. The van der Waals surface area contributed by atoms with Gasteiger partial charge in [0.15, 0.2) is 5.82 Å². The van der Waals surface area contributed by atoms with E-state index in [0.717, 1.165) is 60.8 Å². The van der Waals surface area contributed by atoms with Gasteiger partial charge in [-0.25, -0.2) is 9.97 Å². The van der Waals surface area contributed by atoms with Crippen molar-refractivity contribution in [3.63, 3.8) is 0 Å². The zero-order valence-electron chi connectivity index (χ0n) is 28.6. The molecule has 0 amide bonds. The summed E-state index contributed by atoms with van der Waals surface area (Å²) >= 11 is 0. The van der Waals surface area contributed by atoms with Crippen LogP contribution in [0.2, 0.25) is 0 Å². The number of hydrogen-bond donors (Lipinski definition) is 0. The average molecular weight is 675 g/mol. The van der Waals surface area contributed by atoms with E-state index in [0.29, 0.717) is 5.82 Å². The van der Waals surface area contributed by atoms with Gasteiger partial charge in [0.2, 0.25) is 0 Å². The highest BCUT2D eigenvalue weighted by molar-refractivity contribution is 6.25. The SMILES string of the molecule is c1ccc(-c2nc(-c3cc(-c4ccc(-c5ccc6c7ccccc7c7ccccc7c6c5)cc4)c4c(c3)oc3ccccc34)c3ccccc3n2)cc1. The number of aromatic nitrogens is 2. The Morgan fingerprint density at radius 2 is 0.887 bits per heavy atom. The van der Waals surface area contributed by atoms with Gasteiger partial charge in [-0.05, 0) is 84.9 Å². The summed E-state index contributed by atoms with van der Waals surface area (Å²) in [7, 11) is 0. The minimum absolute atomic E-state index is 0.700. The van der Waals surface area contributed by atoms with Crippen LogP contribution in [0.1, 0.15) is 0 Å². The molecule has 11 rings (SSSR count). The first-order valence-electron chi connectivity index (χ1n) is 18.0. The molecular formula is C50H30N2O. The first kappa shape index (κ1) is 29.6. The van der Waals surface area contributed by atoms with Crippen molar-refractivity contribution in [3.8, 4) is 44.9 Å². The molecule has 0 aliphatic heterocycles. The number of fused-ring (bicyclic) bond motifs is 10. The maximum atomic E-state index is 6.56. The molecule has 0 saturated heterocycles. The summed E-state index contributed by atoms with van der Waals surface area (Å²) in [5.74, 6) is 0.700. The van der Waals surface area contributed by atoms with Crippen molar-refractivity contribution >= 4 is 65.2 Å². The van der Waals surface area contributed by atoms with Crippen LogP contribution in [0.25, 0.3) is 110 Å². The Morgan fingerprint density at radius 3 is 1.62 bits per heavy atom. The van der Waals surface area contributed by atoms with E-state index < -0.39 is 0 Å². The van der Waals surface area contributed by atoms with Gasteiger partial charge in [0.1, 0.15) is 11.2 Å². The van der Waals surface area contributed by atoms with Crippen LogP contribution in [-0.2, 0) is 0 Å². The standard InChI is InChI=1S/C50H30N2O/c1-2-12-33(13-3-1)50-51-45-20-10-8-18-41(45)49(52-50)35-29-43(48-42-19-9-11-21-46(42)53-47(48)30-35)32-24-22-31(23-25-32)34-26-27-40-38-16-5-4-14-36(38)37-15-6-7-17-39(37)44(40)28-34/h1-30H. The van der Waals surface area contributed by atoms with Gasteiger partial charge < -0.3 is 4.42 Å². The molecular weight excluding hydrogens is 645 g/mol. The van der Waals surface area contributed by atoms with Gasteiger partial charge >= 0.3 is 0 Å². The lowest BCUT2D eigenvalue weighted by Gasteiger charge is -2.13. The third kappa shape index (κ3) is 4.75. The largest absolute Gasteiger partial charge is 0.456 e. The topological polar surface area (TPSA) is 38.9 Å². The van der Waals surface area contributed by atoms with E-state index in [1.54, 1.807) is 0 Å². The molecule has 0 radical (unpaired) electrons. The molecule has 0 fully saturated rings. The number of nitrogens with zero attached hydrogens (tertiary/aromatic N) is 2. The molecule has 0 unspecified atom stereocenters. The Kier molecular flexibility index (Phi) is 6.55. The molecule has 0 aliphatic rings. The first-order chi connectivity index (χ1) is 26.3. The van der Waals surface area contributed by atoms with Gasteiger partial charge in [-0.2, -0.15) is 0 Å². The van der Waals surface area contributed by atoms with Crippen LogP contribution in [0.3, 0.4) is 0 Å². The number of benzene rings is 9. The fourth-order valence-electron chi connectivity index (χ4n) is 8.16. The zero-order chi connectivity index (χ0) is 34.9. The predicted octanol–water partition coefficient (Wildman–Crippen LogP) is 13.7. The van der Waals surface area contributed by atoms with E-state index in [1.165, 1.54) is 43.4 Å². The van der Waals surface area contributed by atoms with Crippen molar-refractivity contribution in [3.05, 3.63) is 182 Å². The molecule has 0 bridgehead atoms. The fraction of sp³-hybridized carbons (Fsp3) is 0. The molecule has 0 spiro atoms. The lowest BCUT2D eigenvalue weighted by atomic mass is 9.91. The maximum Gasteiger partial charge on any atom is 0.160 e. The summed E-state index contributed by atoms with van der Waals surface area (Å²) in [6.45, 7) is 0. The van der Waals surface area contributed by atoms with Crippen molar-refractivity contribution in [2.75, 3.05) is 0 Å². The minimum Gasteiger partial charge on any atom is -0.456 e. The van der Waals surface area contributed by atoms with Crippen molar-refractivity contribution in [1.29, 1.82) is 0 Å². The molecule has 3 nitrogen and oxygen atoms in total. The Balaban J connectivity index is 1.09. The highest BCUT2D eigenvalue weighted by atomic mass is 16.3. The molecule has 246 valence electrons. The Hall–Kier alpha value is -7.10. The van der Waals surface area contributed by atoms with Gasteiger partial charge in [-0.15, -0.1) is 0 Å². The van der Waals surface area contributed by atoms with Gasteiger partial charge in [-0.3, -0.25) is 0 Å². The minimum atomic E-state index is 0.700. The Labute approximate surface area is 305 Å². The van der Waals surface area contributed by atoms with Gasteiger partial charge in [0, 0.05) is 27.3 Å². The normalized spacial score (nSPS) is 11.8. The quantitative estimate of drug-likeness (QED) is 0.174. The molecule has 0 aliphatic carbocycles. The molecule has 3 heteroatoms. The van der Waals surface area contributed by atoms with Crippen LogP contribution >= 0.6 is 0 Å². The zero-order valence-corrected chi connectivity index (χ0v) is 28.6. The van der Waals surface area contributed by atoms with E-state index in [1.807, 2.05) is 36.4 Å². The Bertz CT molecular complexity index is 3180. The van der Waals surface area contributed by atoms with Crippen molar-refractivity contribution in [1.82, 2.24) is 9.97 Å². The Morgan fingerprint density at radius 1 is 0.321 bits per heavy atom. The van der Waals surface area contributed by atoms with Crippen molar-refractivity contribution < 1.29 is 4.42 Å². The van der Waals surface area contributed by atoms with Crippen molar-refractivity contribution in [2.45, 2.75) is 0 Å². The second kappa shape index (κ2) is 11.7. The van der Waals surface area contributed by atoms with Crippen molar-refractivity contribution in [2.24, 2.45) is 0 Å². The summed E-state index contributed by atoms with van der Waals surface area (Å²) in [6, 6.07) is 64.5. The van der Waals surface area contributed by atoms with Crippen LogP contribution in [0.5, 0.6) is 0 Å². The maximum absolute atomic E-state index is 6.56. The molecule has 2 heterocycles. The monoisotopic (exact) mass is 674 g/mol. The molecule has 9 aromatic carbocycles. The highest BCUT2D eigenvalue weighted by Gasteiger charge is 2.19. The van der Waals surface area contributed by atoms with Crippen LogP contribution in [0, 0.1) is 0 Å². The summed E-state index contributed by atoms with van der Waals surface area (Å²) in [4.78, 5) is 10.2. The second-order valence-corrected chi connectivity index (χ2v) is 13.7. The van der Waals surface area contributed by atoms with Gasteiger partial charge in [0.05, 0.1) is 11.2 Å². The van der Waals surface area contributed by atoms with E-state index in [9.17, 15) is 0 Å². The van der Waals surface area contributed by atoms with Crippen LogP contribution in [-0.4, -0.2) is 9.97 Å². The van der Waals surface area contributed by atoms with Gasteiger partial charge in [0.25, 0.3) is 0 Å². The smallest absolute Gasteiger partial charge is 0.160 e. The number of hydrogen-bond acceptors (Lipinski definition) is 3. The average Bonchev–Trinajstić information content (AvgIpc) is 3.62. The first-order valence-corrected chi connectivity index (χ1v) is 18.0. The molecule has 0 N–H and O–H groups in total. The van der Waals surface area contributed by atoms with Crippen LogP contribution in [0.4, 0.5) is 0 Å². The number of furan rings is 1. The van der Waals surface area contributed by atoms with E-state index in [4.69, 9.17) is 14.4 Å². The van der Waals surface area contributed by atoms with E-state index >= 15 is 0 Å². The lowest BCUT2D eigenvalue weighted by Crippen LogP contribution is -1.95. The second-order valence-electron chi connectivity index (χ2n) is 13.7. The predicted molar refractivity (Wildman–Crippen MR) is 221 cm³/mol.